The van der Waals surface area contributed by atoms with Crippen molar-refractivity contribution in [2.75, 3.05) is 7.05 Å². The van der Waals surface area contributed by atoms with Crippen LogP contribution in [-0.2, 0) is 13.1 Å². The molecule has 0 radical (unpaired) electrons. The van der Waals surface area contributed by atoms with Crippen LogP contribution in [0.5, 0.6) is 0 Å². The maximum absolute atomic E-state index is 3.50. The Morgan fingerprint density at radius 3 is 2.67 bits per heavy atom. The van der Waals surface area contributed by atoms with Crippen LogP contribution >= 0.6 is 22.7 Å². The molecule has 2 nitrogen and oxygen atoms in total. The van der Waals surface area contributed by atoms with Gasteiger partial charge in [0.05, 0.1) is 0 Å². The summed E-state index contributed by atoms with van der Waals surface area (Å²) in [4.78, 5) is 6.75. The highest BCUT2D eigenvalue weighted by Gasteiger charge is 2.15. The van der Waals surface area contributed by atoms with E-state index >= 15 is 0 Å². The molecule has 0 spiro atoms. The second-order valence-corrected chi connectivity index (χ2v) is 8.26. The van der Waals surface area contributed by atoms with Crippen molar-refractivity contribution in [2.45, 2.75) is 52.9 Å². The van der Waals surface area contributed by atoms with Crippen LogP contribution < -0.4 is 5.32 Å². The lowest BCUT2D eigenvalue weighted by Gasteiger charge is -2.23. The van der Waals surface area contributed by atoms with Crippen molar-refractivity contribution in [1.82, 2.24) is 10.2 Å². The van der Waals surface area contributed by atoms with Crippen LogP contribution in [0.4, 0.5) is 0 Å². The van der Waals surface area contributed by atoms with Gasteiger partial charge in [-0.3, -0.25) is 4.90 Å². The Bertz CT molecular complexity index is 543. The van der Waals surface area contributed by atoms with Gasteiger partial charge in [0.15, 0.2) is 0 Å². The van der Waals surface area contributed by atoms with E-state index in [1.165, 1.54) is 20.2 Å². The lowest BCUT2D eigenvalue weighted by Crippen LogP contribution is -2.22. The second kappa shape index (κ2) is 7.54. The van der Waals surface area contributed by atoms with Crippen LogP contribution in [0.25, 0.3) is 0 Å². The van der Waals surface area contributed by atoms with Crippen molar-refractivity contribution in [3.8, 4) is 0 Å². The van der Waals surface area contributed by atoms with Gasteiger partial charge in [0, 0.05) is 39.8 Å². The molecule has 2 aromatic rings. The average Bonchev–Trinajstić information content (AvgIpc) is 3.06. The smallest absolute Gasteiger partial charge is 0.0413 e. The number of hydrogen-bond acceptors (Lipinski definition) is 4. The van der Waals surface area contributed by atoms with Gasteiger partial charge >= 0.3 is 0 Å². The van der Waals surface area contributed by atoms with Crippen LogP contribution in [0.3, 0.4) is 0 Å². The van der Waals surface area contributed by atoms with Crippen molar-refractivity contribution in [1.29, 1.82) is 0 Å². The molecule has 0 saturated heterocycles. The number of nitrogens with one attached hydrogen (secondary N) is 1. The van der Waals surface area contributed by atoms with Crippen LogP contribution in [0, 0.1) is 6.92 Å². The fourth-order valence-corrected chi connectivity index (χ4v) is 4.14. The first-order valence-corrected chi connectivity index (χ1v) is 9.22. The molecule has 4 heteroatoms. The molecule has 116 valence electrons. The predicted octanol–water partition coefficient (Wildman–Crippen LogP) is 4.81. The molecule has 21 heavy (non-hydrogen) atoms. The molecular formula is C17H26N2S2. The number of rotatable bonds is 7. The summed E-state index contributed by atoms with van der Waals surface area (Å²) in [7, 11) is 2.22. The normalized spacial score (nSPS) is 13.3. The number of aryl methyl sites for hydroxylation is 1. The minimum absolute atomic E-state index is 0.474. The summed E-state index contributed by atoms with van der Waals surface area (Å²) in [5.74, 6) is 0. The molecule has 0 aliphatic rings. The lowest BCUT2D eigenvalue weighted by atomic mass is 10.2. The highest BCUT2D eigenvalue weighted by atomic mass is 32.1. The fraction of sp³-hybridized carbons (Fsp3) is 0.529. The van der Waals surface area contributed by atoms with E-state index in [0.717, 1.165) is 13.1 Å². The van der Waals surface area contributed by atoms with Gasteiger partial charge < -0.3 is 5.32 Å². The lowest BCUT2D eigenvalue weighted by molar-refractivity contribution is 0.256. The van der Waals surface area contributed by atoms with E-state index in [1.54, 1.807) is 0 Å². The summed E-state index contributed by atoms with van der Waals surface area (Å²) in [6, 6.07) is 7.74. The Balaban J connectivity index is 1.99. The van der Waals surface area contributed by atoms with Crippen molar-refractivity contribution >= 4 is 22.7 Å². The Labute approximate surface area is 136 Å². The highest BCUT2D eigenvalue weighted by Crippen LogP contribution is 2.28. The maximum atomic E-state index is 3.50. The van der Waals surface area contributed by atoms with E-state index in [1.807, 2.05) is 22.7 Å². The van der Waals surface area contributed by atoms with Gasteiger partial charge in [0.2, 0.25) is 0 Å². The van der Waals surface area contributed by atoms with E-state index in [-0.39, 0.29) is 0 Å². The summed E-state index contributed by atoms with van der Waals surface area (Å²) in [6.45, 7) is 10.9. The maximum Gasteiger partial charge on any atom is 0.0413 e. The molecule has 1 atom stereocenters. The summed E-state index contributed by atoms with van der Waals surface area (Å²) in [5, 5.41) is 5.66. The zero-order chi connectivity index (χ0) is 15.4. The van der Waals surface area contributed by atoms with Gasteiger partial charge in [-0.25, -0.2) is 0 Å². The predicted molar refractivity (Wildman–Crippen MR) is 95.2 cm³/mol. The molecule has 0 aliphatic carbocycles. The van der Waals surface area contributed by atoms with Gasteiger partial charge in [0.1, 0.15) is 0 Å². The van der Waals surface area contributed by atoms with Gasteiger partial charge in [-0.05, 0) is 44.0 Å². The number of nitrogens with zero attached hydrogens (tertiary/aromatic N) is 1. The van der Waals surface area contributed by atoms with Crippen molar-refractivity contribution in [3.05, 3.63) is 43.8 Å². The molecular weight excluding hydrogens is 296 g/mol. The molecule has 0 fully saturated rings. The van der Waals surface area contributed by atoms with Crippen LogP contribution in [0.15, 0.2) is 23.6 Å². The van der Waals surface area contributed by atoms with Crippen LogP contribution in [0.1, 0.15) is 47.0 Å². The van der Waals surface area contributed by atoms with Gasteiger partial charge in [0.25, 0.3) is 0 Å². The largest absolute Gasteiger partial charge is 0.310 e. The minimum Gasteiger partial charge on any atom is -0.310 e. The summed E-state index contributed by atoms with van der Waals surface area (Å²) in [6.07, 6.45) is 0. The van der Waals surface area contributed by atoms with Gasteiger partial charge in [-0.1, -0.05) is 19.9 Å². The third-order valence-electron chi connectivity index (χ3n) is 3.79. The topological polar surface area (TPSA) is 15.3 Å². The molecule has 0 saturated carbocycles. The van der Waals surface area contributed by atoms with E-state index in [9.17, 15) is 0 Å². The molecule has 0 amide bonds. The minimum atomic E-state index is 0.474. The zero-order valence-electron chi connectivity index (χ0n) is 13.6. The first-order chi connectivity index (χ1) is 9.97. The van der Waals surface area contributed by atoms with Gasteiger partial charge in [-0.15, -0.1) is 22.7 Å². The van der Waals surface area contributed by atoms with E-state index in [4.69, 9.17) is 0 Å². The third-order valence-corrected chi connectivity index (χ3v) is 5.93. The summed E-state index contributed by atoms with van der Waals surface area (Å²) >= 11 is 3.76. The fourth-order valence-electron chi connectivity index (χ4n) is 2.29. The molecule has 2 heterocycles. The first kappa shape index (κ1) is 16.7. The summed E-state index contributed by atoms with van der Waals surface area (Å²) in [5.41, 5.74) is 1.46. The van der Waals surface area contributed by atoms with Gasteiger partial charge in [-0.2, -0.15) is 0 Å². The molecule has 0 aromatic carbocycles. The van der Waals surface area contributed by atoms with Crippen molar-refractivity contribution < 1.29 is 0 Å². The Morgan fingerprint density at radius 1 is 1.29 bits per heavy atom. The molecule has 0 aliphatic heterocycles. The second-order valence-electron chi connectivity index (χ2n) is 5.94. The summed E-state index contributed by atoms with van der Waals surface area (Å²) < 4.78 is 0. The molecule has 1 N–H and O–H groups in total. The zero-order valence-corrected chi connectivity index (χ0v) is 15.3. The number of thiophene rings is 2. The Morgan fingerprint density at radius 2 is 2.05 bits per heavy atom. The molecule has 0 bridgehead atoms. The van der Waals surface area contributed by atoms with E-state index in [0.29, 0.717) is 12.1 Å². The molecule has 2 aromatic heterocycles. The van der Waals surface area contributed by atoms with Crippen molar-refractivity contribution in [3.63, 3.8) is 0 Å². The average molecular weight is 323 g/mol. The first-order valence-electron chi connectivity index (χ1n) is 7.52. The third kappa shape index (κ3) is 4.65. The molecule has 1 unspecified atom stereocenters. The highest BCUT2D eigenvalue weighted by molar-refractivity contribution is 7.12. The molecule has 2 rings (SSSR count). The van der Waals surface area contributed by atoms with Crippen molar-refractivity contribution in [2.24, 2.45) is 0 Å². The Hall–Kier alpha value is -0.680. The Kier molecular flexibility index (Phi) is 5.99. The van der Waals surface area contributed by atoms with E-state index < -0.39 is 0 Å². The standard InChI is InChI=1S/C17H26N2S2/c1-12(2)18-10-16-9-15(14(4)21-16)11-19(5)13(3)17-7-6-8-20-17/h6-9,12-13,18H,10-11H2,1-5H3. The monoisotopic (exact) mass is 322 g/mol. The SMILES string of the molecule is Cc1sc(CNC(C)C)cc1CN(C)C(C)c1cccs1. The number of hydrogen-bond donors (Lipinski definition) is 1. The van der Waals surface area contributed by atoms with Crippen LogP contribution in [0.2, 0.25) is 0 Å². The quantitative estimate of drug-likeness (QED) is 0.787. The van der Waals surface area contributed by atoms with Crippen LogP contribution in [-0.4, -0.2) is 18.0 Å². The van der Waals surface area contributed by atoms with E-state index in [2.05, 4.69) is 68.5 Å².